The highest BCUT2D eigenvalue weighted by atomic mass is 16.1. The lowest BCUT2D eigenvalue weighted by atomic mass is 9.95. The number of rotatable bonds is 2. The standard InChI is InChI=1S/C27H17N3O/c31-27-20-14-8-7-13-19(20)26-23-21(25(29-30-26)17-9-3-1-4-10-17)15-16-22(24(23)27)28-18-11-5-2-6-12-18/h1-16,29H. The van der Waals surface area contributed by atoms with Crippen LogP contribution >= 0.6 is 0 Å². The molecule has 0 saturated carbocycles. The number of benzene rings is 5. The van der Waals surface area contributed by atoms with Crippen LogP contribution < -0.4 is 10.8 Å². The largest absolute Gasteiger partial charge is 0.288 e. The Morgan fingerprint density at radius 2 is 1.32 bits per heavy atom. The molecular weight excluding hydrogens is 382 g/mol. The van der Waals surface area contributed by atoms with Gasteiger partial charge in [-0.1, -0.05) is 72.8 Å². The number of aromatic nitrogens is 2. The van der Waals surface area contributed by atoms with E-state index in [2.05, 4.69) is 5.10 Å². The van der Waals surface area contributed by atoms with Crippen LogP contribution in [0, 0.1) is 0 Å². The van der Waals surface area contributed by atoms with Gasteiger partial charge in [-0.25, -0.2) is 4.99 Å². The lowest BCUT2D eigenvalue weighted by molar-refractivity contribution is 1.09. The summed E-state index contributed by atoms with van der Waals surface area (Å²) in [6, 6.07) is 31.4. The molecule has 0 saturated heterocycles. The van der Waals surface area contributed by atoms with Gasteiger partial charge >= 0.3 is 0 Å². The van der Waals surface area contributed by atoms with Gasteiger partial charge < -0.3 is 0 Å². The van der Waals surface area contributed by atoms with Crippen LogP contribution in [0.15, 0.2) is 107 Å². The molecule has 146 valence electrons. The van der Waals surface area contributed by atoms with E-state index in [4.69, 9.17) is 10.1 Å². The first kappa shape index (κ1) is 17.5. The molecule has 1 aromatic heterocycles. The second-order valence-electron chi connectivity index (χ2n) is 7.52. The second-order valence-corrected chi connectivity index (χ2v) is 7.52. The number of fused-ring (bicyclic) bond motifs is 2. The summed E-state index contributed by atoms with van der Waals surface area (Å²) in [4.78, 5) is 18.5. The van der Waals surface area contributed by atoms with Crippen molar-refractivity contribution < 1.29 is 0 Å². The third-order valence-electron chi connectivity index (χ3n) is 5.69. The zero-order valence-corrected chi connectivity index (χ0v) is 16.5. The van der Waals surface area contributed by atoms with Gasteiger partial charge in [-0.2, -0.15) is 5.10 Å². The minimum atomic E-state index is -0.0182. The van der Waals surface area contributed by atoms with Crippen LogP contribution in [0.3, 0.4) is 0 Å². The first-order valence-electron chi connectivity index (χ1n) is 10.2. The number of nitrogens with one attached hydrogen (secondary N) is 1. The van der Waals surface area contributed by atoms with Crippen molar-refractivity contribution in [3.05, 3.63) is 113 Å². The fraction of sp³-hybridized carbons (Fsp3) is 0. The topological polar surface area (TPSA) is 58.1 Å². The molecule has 5 aromatic carbocycles. The van der Waals surface area contributed by atoms with Crippen molar-refractivity contribution in [3.8, 4) is 11.3 Å². The minimum absolute atomic E-state index is 0.0182. The Morgan fingerprint density at radius 1 is 0.645 bits per heavy atom. The molecule has 0 aliphatic rings. The van der Waals surface area contributed by atoms with Gasteiger partial charge in [0.25, 0.3) is 0 Å². The smallest absolute Gasteiger partial charge is 0.196 e. The van der Waals surface area contributed by atoms with Crippen molar-refractivity contribution >= 4 is 38.1 Å². The van der Waals surface area contributed by atoms with Crippen LogP contribution in [0.5, 0.6) is 0 Å². The molecule has 1 heterocycles. The highest BCUT2D eigenvalue weighted by Gasteiger charge is 2.17. The van der Waals surface area contributed by atoms with E-state index >= 15 is 0 Å². The third kappa shape index (κ3) is 2.73. The molecule has 0 atom stereocenters. The monoisotopic (exact) mass is 399 g/mol. The molecule has 0 bridgehead atoms. The Morgan fingerprint density at radius 3 is 2.10 bits per heavy atom. The maximum atomic E-state index is 13.7. The summed E-state index contributed by atoms with van der Waals surface area (Å²) in [5.41, 5.74) is 3.48. The highest BCUT2D eigenvalue weighted by molar-refractivity contribution is 6.21. The average molecular weight is 399 g/mol. The molecule has 6 rings (SSSR count). The summed E-state index contributed by atoms with van der Waals surface area (Å²) in [7, 11) is 0. The molecule has 0 aliphatic carbocycles. The molecule has 4 heteroatoms. The van der Waals surface area contributed by atoms with Crippen molar-refractivity contribution in [1.82, 2.24) is 10.2 Å². The molecule has 0 amide bonds. The normalized spacial score (nSPS) is 12.2. The second kappa shape index (κ2) is 6.89. The lowest BCUT2D eigenvalue weighted by Crippen LogP contribution is -2.15. The van der Waals surface area contributed by atoms with Crippen LogP contribution in [0.1, 0.15) is 0 Å². The molecule has 31 heavy (non-hydrogen) atoms. The van der Waals surface area contributed by atoms with Gasteiger partial charge in [-0.05, 0) is 24.3 Å². The number of hydrogen-bond acceptors (Lipinski definition) is 3. The maximum absolute atomic E-state index is 13.7. The summed E-state index contributed by atoms with van der Waals surface area (Å²) in [5, 5.41) is 12.5. The SMILES string of the molecule is O=c1c2ccccc2c2n[nH]c(-c3ccccc3)c3ccc(=Nc4ccccc4)c1c32. The molecule has 0 spiro atoms. The Bertz CT molecular complexity index is 1690. The van der Waals surface area contributed by atoms with Gasteiger partial charge in [0.05, 0.1) is 22.1 Å². The van der Waals surface area contributed by atoms with Gasteiger partial charge in [-0.15, -0.1) is 0 Å². The quantitative estimate of drug-likeness (QED) is 0.306. The Kier molecular flexibility index (Phi) is 3.90. The van der Waals surface area contributed by atoms with Crippen LogP contribution in [-0.2, 0) is 0 Å². The zero-order valence-electron chi connectivity index (χ0n) is 16.5. The van der Waals surface area contributed by atoms with E-state index in [-0.39, 0.29) is 5.43 Å². The van der Waals surface area contributed by atoms with Crippen molar-refractivity contribution in [2.24, 2.45) is 4.99 Å². The first-order valence-corrected chi connectivity index (χ1v) is 10.2. The molecule has 6 aromatic rings. The molecule has 0 unspecified atom stereocenters. The van der Waals surface area contributed by atoms with Crippen LogP contribution in [0.25, 0.3) is 43.7 Å². The summed E-state index contributed by atoms with van der Waals surface area (Å²) in [6.45, 7) is 0. The van der Waals surface area contributed by atoms with E-state index in [1.165, 1.54) is 0 Å². The minimum Gasteiger partial charge on any atom is -0.288 e. The van der Waals surface area contributed by atoms with Gasteiger partial charge in [0.1, 0.15) is 5.52 Å². The number of H-pyrrole nitrogens is 1. The summed E-state index contributed by atoms with van der Waals surface area (Å²) in [5.74, 6) is 0. The molecule has 0 radical (unpaired) electrons. The Hall–Kier alpha value is -4.31. The van der Waals surface area contributed by atoms with Crippen LogP contribution in [-0.4, -0.2) is 10.2 Å². The number of hydrogen-bond donors (Lipinski definition) is 1. The fourth-order valence-electron chi connectivity index (χ4n) is 4.28. The van der Waals surface area contributed by atoms with E-state index in [0.29, 0.717) is 16.1 Å². The summed E-state index contributed by atoms with van der Waals surface area (Å²) in [6.07, 6.45) is 0. The van der Waals surface area contributed by atoms with E-state index in [9.17, 15) is 4.79 Å². The Balaban J connectivity index is 1.85. The van der Waals surface area contributed by atoms with Crippen molar-refractivity contribution in [1.29, 1.82) is 0 Å². The van der Waals surface area contributed by atoms with E-state index < -0.39 is 0 Å². The predicted molar refractivity (Wildman–Crippen MR) is 126 cm³/mol. The van der Waals surface area contributed by atoms with Gasteiger partial charge in [0.15, 0.2) is 5.43 Å². The number of nitrogens with zero attached hydrogens (tertiary/aromatic N) is 2. The lowest BCUT2D eigenvalue weighted by Gasteiger charge is -2.12. The Labute approximate surface area is 177 Å². The molecule has 4 nitrogen and oxygen atoms in total. The third-order valence-corrected chi connectivity index (χ3v) is 5.69. The van der Waals surface area contributed by atoms with E-state index in [0.717, 1.165) is 38.6 Å². The van der Waals surface area contributed by atoms with Crippen molar-refractivity contribution in [3.63, 3.8) is 0 Å². The number of para-hydroxylation sites is 1. The van der Waals surface area contributed by atoms with Crippen molar-refractivity contribution in [2.45, 2.75) is 0 Å². The van der Waals surface area contributed by atoms with Gasteiger partial charge in [0.2, 0.25) is 0 Å². The van der Waals surface area contributed by atoms with Gasteiger partial charge in [0, 0.05) is 27.1 Å². The molecule has 0 fully saturated rings. The van der Waals surface area contributed by atoms with Gasteiger partial charge in [-0.3, -0.25) is 9.89 Å². The average Bonchev–Trinajstić information content (AvgIpc) is 2.84. The summed E-state index contributed by atoms with van der Waals surface area (Å²) < 4.78 is 0. The number of aromatic amines is 1. The van der Waals surface area contributed by atoms with Crippen LogP contribution in [0.4, 0.5) is 5.69 Å². The maximum Gasteiger partial charge on any atom is 0.196 e. The predicted octanol–water partition coefficient (Wildman–Crippen LogP) is 5.57. The first-order chi connectivity index (χ1) is 15.3. The zero-order chi connectivity index (χ0) is 20.8. The highest BCUT2D eigenvalue weighted by Crippen LogP contribution is 2.32. The molecule has 0 aliphatic heterocycles. The van der Waals surface area contributed by atoms with E-state index in [1.807, 2.05) is 97.1 Å². The van der Waals surface area contributed by atoms with Crippen molar-refractivity contribution in [2.75, 3.05) is 0 Å². The molecular formula is C27H17N3O. The summed E-state index contributed by atoms with van der Waals surface area (Å²) >= 11 is 0. The van der Waals surface area contributed by atoms with E-state index in [1.54, 1.807) is 0 Å². The molecule has 1 N–H and O–H groups in total. The fourth-order valence-corrected chi connectivity index (χ4v) is 4.28. The van der Waals surface area contributed by atoms with Crippen LogP contribution in [0.2, 0.25) is 0 Å².